The fraction of sp³-hybridized carbons (Fsp3) is 0.111. The highest BCUT2D eigenvalue weighted by atomic mass is 16.1. The molecule has 0 bridgehead atoms. The molecule has 2 rings (SSSR count). The summed E-state index contributed by atoms with van der Waals surface area (Å²) in [5.41, 5.74) is 6.15. The summed E-state index contributed by atoms with van der Waals surface area (Å²) in [4.78, 5) is 11.5. The Balaban J connectivity index is 3.03. The number of benzene rings is 1. The fourth-order valence-electron chi connectivity index (χ4n) is 1.28. The molecule has 1 heterocycles. The summed E-state index contributed by atoms with van der Waals surface area (Å²) in [6.45, 7) is 0. The highest BCUT2D eigenvalue weighted by Crippen LogP contribution is 2.15. The molecule has 0 atom stereocenters. The van der Waals surface area contributed by atoms with Gasteiger partial charge in [-0.05, 0) is 12.1 Å². The molecule has 4 heteroatoms. The van der Waals surface area contributed by atoms with Crippen molar-refractivity contribution in [2.24, 2.45) is 7.05 Å². The number of fused-ring (bicyclic) bond motifs is 1. The Bertz CT molecular complexity index is 516. The van der Waals surface area contributed by atoms with E-state index in [2.05, 4.69) is 5.10 Å². The first kappa shape index (κ1) is 7.79. The molecule has 0 radical (unpaired) electrons. The maximum atomic E-state index is 11.5. The van der Waals surface area contributed by atoms with Gasteiger partial charge in [0.25, 0.3) is 5.56 Å². The number of nitrogens with zero attached hydrogens (tertiary/aromatic N) is 2. The quantitative estimate of drug-likeness (QED) is 0.593. The second-order valence-electron chi connectivity index (χ2n) is 2.88. The van der Waals surface area contributed by atoms with Crippen molar-refractivity contribution in [1.82, 2.24) is 9.78 Å². The summed E-state index contributed by atoms with van der Waals surface area (Å²) in [6.07, 6.45) is 1.60. The van der Waals surface area contributed by atoms with Crippen LogP contribution in [0.3, 0.4) is 0 Å². The smallest absolute Gasteiger partial charge is 0.274 e. The van der Waals surface area contributed by atoms with Crippen LogP contribution in [0.5, 0.6) is 0 Å². The molecular formula is C9H9N3O. The molecule has 1 aromatic heterocycles. The second kappa shape index (κ2) is 2.58. The number of aryl methyl sites for hydroxylation is 1. The second-order valence-corrected chi connectivity index (χ2v) is 2.88. The summed E-state index contributed by atoms with van der Waals surface area (Å²) >= 11 is 0. The molecule has 0 amide bonds. The minimum Gasteiger partial charge on any atom is -0.398 e. The largest absolute Gasteiger partial charge is 0.398 e. The Labute approximate surface area is 74.6 Å². The van der Waals surface area contributed by atoms with Crippen LogP contribution in [-0.2, 0) is 7.05 Å². The lowest BCUT2D eigenvalue weighted by atomic mass is 10.2. The zero-order valence-electron chi connectivity index (χ0n) is 7.19. The van der Waals surface area contributed by atoms with E-state index < -0.39 is 0 Å². The van der Waals surface area contributed by atoms with Gasteiger partial charge in [-0.1, -0.05) is 6.07 Å². The molecule has 0 fully saturated rings. The van der Waals surface area contributed by atoms with E-state index in [1.54, 1.807) is 31.4 Å². The number of aromatic nitrogens is 2. The molecular weight excluding hydrogens is 166 g/mol. The summed E-state index contributed by atoms with van der Waals surface area (Å²) < 4.78 is 1.29. The highest BCUT2D eigenvalue weighted by molar-refractivity contribution is 5.91. The normalized spacial score (nSPS) is 10.5. The van der Waals surface area contributed by atoms with Crippen LogP contribution in [0.2, 0.25) is 0 Å². The molecule has 0 aliphatic heterocycles. The third-order valence-electron chi connectivity index (χ3n) is 2.02. The monoisotopic (exact) mass is 175 g/mol. The lowest BCUT2D eigenvalue weighted by molar-refractivity contribution is 0.718. The van der Waals surface area contributed by atoms with Gasteiger partial charge < -0.3 is 5.73 Å². The number of rotatable bonds is 0. The van der Waals surface area contributed by atoms with E-state index in [4.69, 9.17) is 5.73 Å². The van der Waals surface area contributed by atoms with Gasteiger partial charge in [0.05, 0.1) is 11.6 Å². The summed E-state index contributed by atoms with van der Waals surface area (Å²) in [7, 11) is 1.62. The first-order chi connectivity index (χ1) is 6.20. The molecule has 66 valence electrons. The first-order valence-corrected chi connectivity index (χ1v) is 3.90. The van der Waals surface area contributed by atoms with Gasteiger partial charge in [-0.25, -0.2) is 4.68 Å². The van der Waals surface area contributed by atoms with Crippen molar-refractivity contribution in [2.45, 2.75) is 0 Å². The Morgan fingerprint density at radius 1 is 1.38 bits per heavy atom. The Hall–Kier alpha value is -1.84. The van der Waals surface area contributed by atoms with Crippen molar-refractivity contribution in [3.8, 4) is 0 Å². The van der Waals surface area contributed by atoms with Crippen molar-refractivity contribution < 1.29 is 0 Å². The molecule has 2 N–H and O–H groups in total. The SMILES string of the molecule is Cn1ncc2c(N)cccc2c1=O. The average Bonchev–Trinajstić information content (AvgIpc) is 2.12. The van der Waals surface area contributed by atoms with Crippen LogP contribution in [0, 0.1) is 0 Å². The van der Waals surface area contributed by atoms with Crippen molar-refractivity contribution >= 4 is 16.5 Å². The van der Waals surface area contributed by atoms with Crippen molar-refractivity contribution in [1.29, 1.82) is 0 Å². The number of hydrogen-bond donors (Lipinski definition) is 1. The Kier molecular flexibility index (Phi) is 1.55. The molecule has 0 saturated carbocycles. The predicted octanol–water partition coefficient (Wildman–Crippen LogP) is 0.516. The molecule has 0 saturated heterocycles. The van der Waals surface area contributed by atoms with E-state index in [-0.39, 0.29) is 5.56 Å². The van der Waals surface area contributed by atoms with E-state index in [0.29, 0.717) is 16.5 Å². The average molecular weight is 175 g/mol. The molecule has 0 unspecified atom stereocenters. The molecule has 2 aromatic rings. The van der Waals surface area contributed by atoms with Gasteiger partial charge in [-0.2, -0.15) is 5.10 Å². The summed E-state index contributed by atoms with van der Waals surface area (Å²) in [5.74, 6) is 0. The van der Waals surface area contributed by atoms with Crippen LogP contribution in [-0.4, -0.2) is 9.78 Å². The van der Waals surface area contributed by atoms with E-state index >= 15 is 0 Å². The maximum absolute atomic E-state index is 11.5. The van der Waals surface area contributed by atoms with Gasteiger partial charge in [-0.3, -0.25) is 4.79 Å². The van der Waals surface area contributed by atoms with E-state index in [0.717, 1.165) is 0 Å². The lowest BCUT2D eigenvalue weighted by Crippen LogP contribution is -2.19. The van der Waals surface area contributed by atoms with Gasteiger partial charge in [-0.15, -0.1) is 0 Å². The molecule has 0 spiro atoms. The number of nitrogens with two attached hydrogens (primary N) is 1. The van der Waals surface area contributed by atoms with Crippen LogP contribution in [0.4, 0.5) is 5.69 Å². The zero-order chi connectivity index (χ0) is 9.42. The van der Waals surface area contributed by atoms with Crippen molar-refractivity contribution in [3.63, 3.8) is 0 Å². The Morgan fingerprint density at radius 2 is 2.15 bits per heavy atom. The predicted molar refractivity (Wildman–Crippen MR) is 51.4 cm³/mol. The number of nitrogen functional groups attached to an aromatic ring is 1. The maximum Gasteiger partial charge on any atom is 0.274 e. The summed E-state index contributed by atoms with van der Waals surface area (Å²) in [6, 6.07) is 5.26. The first-order valence-electron chi connectivity index (χ1n) is 3.90. The van der Waals surface area contributed by atoms with E-state index in [1.165, 1.54) is 4.68 Å². The number of anilines is 1. The van der Waals surface area contributed by atoms with Crippen molar-refractivity contribution in [3.05, 3.63) is 34.7 Å². The van der Waals surface area contributed by atoms with Gasteiger partial charge in [0.15, 0.2) is 0 Å². The van der Waals surface area contributed by atoms with E-state index in [1.807, 2.05) is 0 Å². The van der Waals surface area contributed by atoms with Crippen molar-refractivity contribution in [2.75, 3.05) is 5.73 Å². The number of hydrogen-bond acceptors (Lipinski definition) is 3. The van der Waals surface area contributed by atoms with Gasteiger partial charge in [0.1, 0.15) is 0 Å². The van der Waals surface area contributed by atoms with Gasteiger partial charge >= 0.3 is 0 Å². The van der Waals surface area contributed by atoms with Crippen LogP contribution < -0.4 is 11.3 Å². The molecule has 13 heavy (non-hydrogen) atoms. The standard InChI is InChI=1S/C9H9N3O/c1-12-9(13)6-3-2-4-8(10)7(6)5-11-12/h2-5H,10H2,1H3. The molecule has 1 aromatic carbocycles. The minimum atomic E-state index is -0.121. The topological polar surface area (TPSA) is 60.9 Å². The molecule has 4 nitrogen and oxygen atoms in total. The van der Waals surface area contributed by atoms with E-state index in [9.17, 15) is 4.79 Å². The fourth-order valence-corrected chi connectivity index (χ4v) is 1.28. The van der Waals surface area contributed by atoms with Crippen LogP contribution in [0.25, 0.3) is 10.8 Å². The third-order valence-corrected chi connectivity index (χ3v) is 2.02. The van der Waals surface area contributed by atoms with Crippen LogP contribution >= 0.6 is 0 Å². The zero-order valence-corrected chi connectivity index (χ0v) is 7.19. The van der Waals surface area contributed by atoms with Gasteiger partial charge in [0.2, 0.25) is 0 Å². The Morgan fingerprint density at radius 3 is 2.92 bits per heavy atom. The molecule has 0 aliphatic rings. The third kappa shape index (κ3) is 1.07. The van der Waals surface area contributed by atoms with Crippen LogP contribution in [0.15, 0.2) is 29.2 Å². The summed E-state index contributed by atoms with van der Waals surface area (Å²) in [5, 5.41) is 5.21. The highest BCUT2D eigenvalue weighted by Gasteiger charge is 2.02. The molecule has 0 aliphatic carbocycles. The van der Waals surface area contributed by atoms with Gasteiger partial charge in [0, 0.05) is 18.1 Å². The minimum absolute atomic E-state index is 0.121. The van der Waals surface area contributed by atoms with Crippen LogP contribution in [0.1, 0.15) is 0 Å². The lowest BCUT2D eigenvalue weighted by Gasteiger charge is -2.01.